The van der Waals surface area contributed by atoms with Crippen molar-refractivity contribution in [3.05, 3.63) is 12.7 Å². The number of hydrogen-bond donors (Lipinski definition) is 4. The van der Waals surface area contributed by atoms with E-state index in [0.29, 0.717) is 6.54 Å². The number of urea groups is 1. The largest absolute Gasteiger partial charge is 0.346 e. The Labute approximate surface area is 281 Å². The standard InChI is InChI=1S/C33H58N6O7S/c1-15-16-34-27(42)24(40)19(2)35-26(41)23-22-20(33(22,12)13)17-39(23)28(43)25(31(6,7)8)37-29(44)36-21(30(3,4)5)18-38(14)47(45,46)32(9,10)11/h15,19-23,25H,1,16-18H2,2-14H3,(H,34,42)(H,35,41)(H2,36,37,44)/t19?,20-,21+,22-,23-,25+/m0/s1. The number of nitrogens with one attached hydrogen (secondary N) is 4. The molecule has 1 unspecified atom stereocenters. The van der Waals surface area contributed by atoms with Gasteiger partial charge in [0.05, 0.1) is 10.8 Å². The average molecular weight is 683 g/mol. The number of hydrogen-bond acceptors (Lipinski definition) is 7. The van der Waals surface area contributed by atoms with E-state index in [1.165, 1.54) is 29.3 Å². The minimum Gasteiger partial charge on any atom is -0.346 e. The van der Waals surface area contributed by atoms with Crippen LogP contribution < -0.4 is 21.3 Å². The smallest absolute Gasteiger partial charge is 0.315 e. The van der Waals surface area contributed by atoms with Gasteiger partial charge in [0.25, 0.3) is 5.91 Å². The molecule has 0 aromatic heterocycles. The van der Waals surface area contributed by atoms with Gasteiger partial charge in [0.15, 0.2) is 0 Å². The summed E-state index contributed by atoms with van der Waals surface area (Å²) in [5, 5.41) is 10.8. The molecule has 0 aromatic rings. The molecule has 1 heterocycles. The van der Waals surface area contributed by atoms with E-state index in [-0.39, 0.29) is 30.3 Å². The Kier molecular flexibility index (Phi) is 11.8. The summed E-state index contributed by atoms with van der Waals surface area (Å²) in [6.45, 7) is 25.3. The molecule has 0 spiro atoms. The van der Waals surface area contributed by atoms with E-state index in [2.05, 4.69) is 27.8 Å². The zero-order valence-electron chi connectivity index (χ0n) is 30.5. The third kappa shape index (κ3) is 8.92. The molecule has 14 heteroatoms. The summed E-state index contributed by atoms with van der Waals surface area (Å²) >= 11 is 0. The first kappa shape index (κ1) is 40.2. The normalized spacial score (nSPS) is 22.8. The van der Waals surface area contributed by atoms with Crippen LogP contribution in [0.2, 0.25) is 0 Å². The van der Waals surface area contributed by atoms with Gasteiger partial charge in [0.2, 0.25) is 27.6 Å². The first-order valence-corrected chi connectivity index (χ1v) is 17.6. The molecular formula is C33H58N6O7S. The maximum absolute atomic E-state index is 14.2. The highest BCUT2D eigenvalue weighted by Crippen LogP contribution is 2.65. The number of likely N-dealkylation sites (N-methyl/N-ethyl adjacent to an activating group) is 1. The second-order valence-corrected chi connectivity index (χ2v) is 19.5. The summed E-state index contributed by atoms with van der Waals surface area (Å²) in [6, 6.07) is -4.32. The van der Waals surface area contributed by atoms with Crippen molar-refractivity contribution in [2.45, 2.75) is 112 Å². The van der Waals surface area contributed by atoms with Gasteiger partial charge in [0, 0.05) is 32.7 Å². The van der Waals surface area contributed by atoms with Gasteiger partial charge in [-0.3, -0.25) is 19.2 Å². The number of Topliss-reactive ketones (excluding diaryl/α,β-unsaturated/α-hetero) is 1. The maximum Gasteiger partial charge on any atom is 0.315 e. The maximum atomic E-state index is 14.2. The van der Waals surface area contributed by atoms with E-state index < -0.39 is 79.3 Å². The predicted octanol–water partition coefficient (Wildman–Crippen LogP) is 2.03. The predicted molar refractivity (Wildman–Crippen MR) is 182 cm³/mol. The highest BCUT2D eigenvalue weighted by molar-refractivity contribution is 7.90. The van der Waals surface area contributed by atoms with Crippen LogP contribution in [0.4, 0.5) is 4.79 Å². The molecule has 0 radical (unpaired) electrons. The van der Waals surface area contributed by atoms with Crippen molar-refractivity contribution in [2.24, 2.45) is 28.1 Å². The Balaban J connectivity index is 2.30. The number of nitrogens with zero attached hydrogens (tertiary/aromatic N) is 2. The van der Waals surface area contributed by atoms with E-state index in [4.69, 9.17) is 0 Å². The quantitative estimate of drug-likeness (QED) is 0.180. The fraction of sp³-hybridized carbons (Fsp3) is 0.788. The lowest BCUT2D eigenvalue weighted by Gasteiger charge is -2.39. The molecule has 1 aliphatic heterocycles. The third-order valence-corrected chi connectivity index (χ3v) is 12.0. The Morgan fingerprint density at radius 3 is 1.98 bits per heavy atom. The second kappa shape index (κ2) is 13.9. The molecule has 2 aliphatic rings. The Bertz CT molecular complexity index is 1360. The zero-order valence-corrected chi connectivity index (χ0v) is 31.3. The van der Waals surface area contributed by atoms with E-state index in [1.807, 2.05) is 34.6 Å². The summed E-state index contributed by atoms with van der Waals surface area (Å²) in [5.41, 5.74) is -1.52. The molecule has 47 heavy (non-hydrogen) atoms. The Morgan fingerprint density at radius 1 is 0.957 bits per heavy atom. The molecule has 268 valence electrons. The van der Waals surface area contributed by atoms with Crippen LogP contribution >= 0.6 is 0 Å². The summed E-state index contributed by atoms with van der Waals surface area (Å²) < 4.78 is 26.3. The summed E-state index contributed by atoms with van der Waals surface area (Å²) in [5.74, 6) is -2.77. The van der Waals surface area contributed by atoms with Gasteiger partial charge >= 0.3 is 6.03 Å². The summed E-state index contributed by atoms with van der Waals surface area (Å²) in [4.78, 5) is 67.7. The minimum absolute atomic E-state index is 0.0139. The number of fused-ring (bicyclic) bond motifs is 1. The fourth-order valence-corrected chi connectivity index (χ4v) is 7.41. The van der Waals surface area contributed by atoms with Crippen LogP contribution in [0.1, 0.15) is 83.1 Å². The lowest BCUT2D eigenvalue weighted by atomic mass is 9.85. The molecule has 1 aliphatic carbocycles. The number of amides is 5. The van der Waals surface area contributed by atoms with Gasteiger partial charge in [-0.2, -0.15) is 0 Å². The van der Waals surface area contributed by atoms with Crippen molar-refractivity contribution in [3.63, 3.8) is 0 Å². The molecule has 13 nitrogen and oxygen atoms in total. The minimum atomic E-state index is -3.67. The lowest BCUT2D eigenvalue weighted by Crippen LogP contribution is -2.62. The molecule has 0 aromatic carbocycles. The monoisotopic (exact) mass is 682 g/mol. The van der Waals surface area contributed by atoms with Gasteiger partial charge in [-0.15, -0.1) is 6.58 Å². The van der Waals surface area contributed by atoms with Crippen molar-refractivity contribution in [1.82, 2.24) is 30.5 Å². The van der Waals surface area contributed by atoms with Gasteiger partial charge < -0.3 is 26.2 Å². The Hall–Kier alpha value is -3.00. The topological polar surface area (TPSA) is 174 Å². The van der Waals surface area contributed by atoms with Gasteiger partial charge in [-0.25, -0.2) is 17.5 Å². The highest BCUT2D eigenvalue weighted by atomic mass is 32.2. The molecule has 5 amide bonds. The lowest BCUT2D eigenvalue weighted by molar-refractivity contribution is -0.145. The van der Waals surface area contributed by atoms with Crippen LogP contribution in [0, 0.1) is 28.1 Å². The second-order valence-electron chi connectivity index (χ2n) is 16.7. The van der Waals surface area contributed by atoms with E-state index in [1.54, 1.807) is 41.5 Å². The third-order valence-electron chi connectivity index (χ3n) is 9.51. The Morgan fingerprint density at radius 2 is 1.51 bits per heavy atom. The van der Waals surface area contributed by atoms with Crippen LogP contribution in [0.3, 0.4) is 0 Å². The van der Waals surface area contributed by atoms with Crippen LogP contribution in [0.15, 0.2) is 12.7 Å². The van der Waals surface area contributed by atoms with Crippen LogP contribution in [0.25, 0.3) is 0 Å². The average Bonchev–Trinajstić information content (AvgIpc) is 3.24. The molecule has 1 saturated carbocycles. The van der Waals surface area contributed by atoms with E-state index in [9.17, 15) is 32.4 Å². The summed E-state index contributed by atoms with van der Waals surface area (Å²) in [6.07, 6.45) is 1.44. The number of carbonyl (C=O) groups is 5. The van der Waals surface area contributed by atoms with Gasteiger partial charge in [0.1, 0.15) is 12.1 Å². The number of ketones is 1. The zero-order chi connectivity index (χ0) is 36.7. The SMILES string of the molecule is C=CCNC(=O)C(=O)C(C)NC(=O)[C@@H]1[C@@H]2[C@H](CN1C(=O)[C@@H](NC(=O)N[C@H](CN(C)S(=O)(=O)C(C)(C)C)C(C)(C)C)C(C)(C)C)C2(C)C. The number of sulfonamides is 1. The fourth-order valence-electron chi connectivity index (χ4n) is 6.13. The number of likely N-dealkylation sites (tertiary alicyclic amines) is 1. The van der Waals surface area contributed by atoms with Crippen molar-refractivity contribution in [3.8, 4) is 0 Å². The molecule has 2 fully saturated rings. The molecule has 0 bridgehead atoms. The number of piperidine rings is 1. The molecule has 4 N–H and O–H groups in total. The molecule has 1 saturated heterocycles. The first-order valence-electron chi connectivity index (χ1n) is 16.2. The number of carbonyl (C=O) groups excluding carboxylic acids is 5. The summed E-state index contributed by atoms with van der Waals surface area (Å²) in [7, 11) is -2.19. The highest BCUT2D eigenvalue weighted by Gasteiger charge is 2.69. The van der Waals surface area contributed by atoms with Crippen molar-refractivity contribution in [2.75, 3.05) is 26.7 Å². The van der Waals surface area contributed by atoms with E-state index >= 15 is 0 Å². The van der Waals surface area contributed by atoms with Crippen molar-refractivity contribution < 1.29 is 32.4 Å². The van der Waals surface area contributed by atoms with Gasteiger partial charge in [-0.1, -0.05) is 61.5 Å². The van der Waals surface area contributed by atoms with E-state index in [0.717, 1.165) is 0 Å². The molecule has 2 rings (SSSR count). The number of rotatable bonds is 12. The van der Waals surface area contributed by atoms with Crippen LogP contribution in [-0.2, 0) is 29.2 Å². The van der Waals surface area contributed by atoms with Crippen LogP contribution in [0.5, 0.6) is 0 Å². The first-order chi connectivity index (χ1) is 21.1. The van der Waals surface area contributed by atoms with Crippen molar-refractivity contribution >= 4 is 39.6 Å². The van der Waals surface area contributed by atoms with Crippen molar-refractivity contribution in [1.29, 1.82) is 0 Å². The van der Waals surface area contributed by atoms with Gasteiger partial charge in [-0.05, 0) is 55.8 Å². The van der Waals surface area contributed by atoms with Crippen LogP contribution in [-0.4, -0.2) is 103 Å². The molecular weight excluding hydrogens is 624 g/mol. The molecule has 6 atom stereocenters.